The van der Waals surface area contributed by atoms with Crippen molar-refractivity contribution in [1.29, 1.82) is 0 Å². The van der Waals surface area contributed by atoms with Gasteiger partial charge in [0, 0.05) is 5.38 Å². The third kappa shape index (κ3) is 6.88. The molecule has 36 heavy (non-hydrogen) atoms. The van der Waals surface area contributed by atoms with Crippen molar-refractivity contribution in [3.05, 3.63) is 11.1 Å². The molecular formula is C19H27N5O10S2. The number of carbonyl (C=O) groups is 4. The van der Waals surface area contributed by atoms with Gasteiger partial charge in [0.2, 0.25) is 5.60 Å². The van der Waals surface area contributed by atoms with E-state index in [2.05, 4.69) is 20.2 Å². The number of esters is 2. The van der Waals surface area contributed by atoms with Crippen LogP contribution in [0, 0.1) is 0 Å². The Hall–Kier alpha value is -3.31. The molecule has 4 N–H and O–H groups in total. The number of anilines is 1. The number of methoxy groups -OCH3 is 1. The van der Waals surface area contributed by atoms with Crippen LogP contribution < -0.4 is 11.1 Å². The van der Waals surface area contributed by atoms with Crippen LogP contribution >= 0.6 is 11.3 Å². The van der Waals surface area contributed by atoms with E-state index in [9.17, 15) is 32.1 Å². The van der Waals surface area contributed by atoms with Gasteiger partial charge in [-0.2, -0.15) is 8.42 Å². The zero-order chi connectivity index (χ0) is 27.6. The molecule has 2 heterocycles. The Labute approximate surface area is 210 Å². The molecule has 200 valence electrons. The van der Waals surface area contributed by atoms with Crippen molar-refractivity contribution in [3.63, 3.8) is 0 Å². The minimum Gasteiger partial charge on any atom is -0.469 e. The highest BCUT2D eigenvalue weighted by molar-refractivity contribution is 7.84. The van der Waals surface area contributed by atoms with E-state index < -0.39 is 69.5 Å². The van der Waals surface area contributed by atoms with Crippen molar-refractivity contribution >= 4 is 56.2 Å². The van der Waals surface area contributed by atoms with E-state index in [1.54, 1.807) is 20.8 Å². The third-order valence-corrected chi connectivity index (χ3v) is 6.16. The van der Waals surface area contributed by atoms with Gasteiger partial charge >= 0.3 is 22.2 Å². The van der Waals surface area contributed by atoms with Crippen molar-refractivity contribution in [2.24, 2.45) is 5.16 Å². The van der Waals surface area contributed by atoms with E-state index in [4.69, 9.17) is 15.3 Å². The molecule has 0 saturated carbocycles. The average Bonchev–Trinajstić information content (AvgIpc) is 3.15. The maximum absolute atomic E-state index is 13.1. The summed E-state index contributed by atoms with van der Waals surface area (Å²) in [5, 5.41) is 7.41. The van der Waals surface area contributed by atoms with Crippen molar-refractivity contribution in [3.8, 4) is 0 Å². The number of thiazole rings is 1. The monoisotopic (exact) mass is 549 g/mol. The summed E-state index contributed by atoms with van der Waals surface area (Å²) in [5.41, 5.74) is 2.58. The molecule has 0 aliphatic carbocycles. The molecule has 17 heteroatoms. The Bertz CT molecular complexity index is 1190. The van der Waals surface area contributed by atoms with Crippen LogP contribution in [0.1, 0.15) is 46.7 Å². The molecule has 1 aliphatic rings. The molecule has 0 bridgehead atoms. The Morgan fingerprint density at radius 3 is 2.36 bits per heavy atom. The number of nitrogen functional groups attached to an aromatic ring is 1. The fourth-order valence-electron chi connectivity index (χ4n) is 2.82. The SMILES string of the molecule is COC(=O)C[C@H]1[C@H](NC(=O)C(=NOC(C)(C)C(=O)OC(C)(C)C)c2csc(N)n2)C(=O)N1S(=O)(=O)O. The summed E-state index contributed by atoms with van der Waals surface area (Å²) in [6, 6.07) is -3.01. The van der Waals surface area contributed by atoms with Crippen molar-refractivity contribution in [1.82, 2.24) is 14.6 Å². The highest BCUT2D eigenvalue weighted by Gasteiger charge is 2.55. The lowest BCUT2D eigenvalue weighted by Gasteiger charge is -2.43. The molecular weight excluding hydrogens is 522 g/mol. The van der Waals surface area contributed by atoms with Crippen LogP contribution in [0.2, 0.25) is 0 Å². The molecule has 2 atom stereocenters. The van der Waals surface area contributed by atoms with E-state index in [0.717, 1.165) is 18.4 Å². The highest BCUT2D eigenvalue weighted by atomic mass is 32.2. The Balaban J connectivity index is 2.34. The number of amides is 2. The minimum absolute atomic E-state index is 0.0502. The fraction of sp³-hybridized carbons (Fsp3) is 0.579. The summed E-state index contributed by atoms with van der Waals surface area (Å²) in [4.78, 5) is 58.8. The first-order valence-electron chi connectivity index (χ1n) is 10.3. The second kappa shape index (κ2) is 10.4. The van der Waals surface area contributed by atoms with Gasteiger partial charge in [-0.05, 0) is 34.6 Å². The summed E-state index contributed by atoms with van der Waals surface area (Å²) >= 11 is 0.962. The molecule has 1 saturated heterocycles. The van der Waals surface area contributed by atoms with Gasteiger partial charge in [-0.15, -0.1) is 11.3 Å². The normalized spacial score (nSPS) is 18.8. The fourth-order valence-corrected chi connectivity index (χ4v) is 4.25. The van der Waals surface area contributed by atoms with Crippen LogP contribution in [0.15, 0.2) is 10.5 Å². The largest absolute Gasteiger partial charge is 0.469 e. The minimum atomic E-state index is -5.02. The lowest BCUT2D eigenvalue weighted by atomic mass is 9.95. The van der Waals surface area contributed by atoms with Gasteiger partial charge in [-0.1, -0.05) is 5.16 Å². The summed E-state index contributed by atoms with van der Waals surface area (Å²) in [7, 11) is -3.98. The Morgan fingerprint density at radius 2 is 1.89 bits per heavy atom. The van der Waals surface area contributed by atoms with Gasteiger partial charge in [-0.3, -0.25) is 18.9 Å². The van der Waals surface area contributed by atoms with E-state index >= 15 is 0 Å². The van der Waals surface area contributed by atoms with E-state index in [1.165, 1.54) is 19.2 Å². The van der Waals surface area contributed by atoms with Crippen molar-refractivity contribution < 1.29 is 46.5 Å². The predicted octanol–water partition coefficient (Wildman–Crippen LogP) is -0.372. The molecule has 0 spiro atoms. The number of hydrogen-bond acceptors (Lipinski definition) is 13. The number of nitrogens with one attached hydrogen (secondary N) is 1. The van der Waals surface area contributed by atoms with Crippen LogP contribution in [-0.4, -0.2) is 82.1 Å². The lowest BCUT2D eigenvalue weighted by molar-refractivity contribution is -0.179. The molecule has 1 aromatic heterocycles. The lowest BCUT2D eigenvalue weighted by Crippen LogP contribution is -2.72. The van der Waals surface area contributed by atoms with E-state index in [0.29, 0.717) is 0 Å². The van der Waals surface area contributed by atoms with Crippen LogP contribution in [0.25, 0.3) is 0 Å². The molecule has 0 aromatic carbocycles. The van der Waals surface area contributed by atoms with Gasteiger partial charge < -0.3 is 25.4 Å². The number of β-lactam (4-membered cyclic amide) rings is 1. The maximum atomic E-state index is 13.1. The number of oxime groups is 1. The zero-order valence-electron chi connectivity index (χ0n) is 20.3. The smallest absolute Gasteiger partial charge is 0.362 e. The molecule has 2 rings (SSSR count). The number of nitrogens with two attached hydrogens (primary N) is 1. The number of rotatable bonds is 9. The Morgan fingerprint density at radius 1 is 1.28 bits per heavy atom. The topological polar surface area (TPSA) is 217 Å². The third-order valence-electron chi connectivity index (χ3n) is 4.54. The first kappa shape index (κ1) is 28.9. The molecule has 1 aromatic rings. The van der Waals surface area contributed by atoms with Gasteiger partial charge in [-0.25, -0.2) is 14.1 Å². The summed E-state index contributed by atoms with van der Waals surface area (Å²) < 4.78 is 42.2. The Kier molecular flexibility index (Phi) is 8.32. The summed E-state index contributed by atoms with van der Waals surface area (Å²) in [6.45, 7) is 7.65. The zero-order valence-corrected chi connectivity index (χ0v) is 21.9. The maximum Gasteiger partial charge on any atom is 0.362 e. The quantitative estimate of drug-likeness (QED) is 0.118. The van der Waals surface area contributed by atoms with Crippen molar-refractivity contribution in [2.75, 3.05) is 12.8 Å². The van der Waals surface area contributed by atoms with Gasteiger partial charge in [0.25, 0.3) is 11.8 Å². The number of hydrogen-bond donors (Lipinski definition) is 3. The second-order valence-corrected chi connectivity index (χ2v) is 11.2. The van der Waals surface area contributed by atoms with Gasteiger partial charge in [0.05, 0.1) is 19.6 Å². The van der Waals surface area contributed by atoms with Crippen molar-refractivity contribution in [2.45, 2.75) is 64.3 Å². The van der Waals surface area contributed by atoms with Crippen LogP contribution in [0.5, 0.6) is 0 Å². The standard InChI is InChI=1S/C19H27N5O10S2/c1-18(2,3)33-16(28)19(4,5)34-23-12(9-8-35-17(20)21-9)14(26)22-13-10(7-11(25)32-6)24(15(13)27)36(29,30)31/h8,10,13H,7H2,1-6H3,(H2,20,21)(H,22,26)(H,29,30,31)/t10-,13-/m0/s1. The predicted molar refractivity (Wildman–Crippen MR) is 125 cm³/mol. The molecule has 1 aliphatic heterocycles. The average molecular weight is 550 g/mol. The van der Waals surface area contributed by atoms with Gasteiger partial charge in [0.1, 0.15) is 17.3 Å². The number of ether oxygens (including phenoxy) is 2. The summed E-state index contributed by atoms with van der Waals surface area (Å²) in [5.74, 6) is -3.95. The van der Waals surface area contributed by atoms with Crippen LogP contribution in [-0.2, 0) is 43.8 Å². The molecule has 0 radical (unpaired) electrons. The number of nitrogens with zero attached hydrogens (tertiary/aromatic N) is 3. The first-order valence-corrected chi connectivity index (χ1v) is 12.5. The second-order valence-electron chi connectivity index (χ2n) is 9.02. The molecule has 0 unspecified atom stereocenters. The molecule has 1 fully saturated rings. The van der Waals surface area contributed by atoms with E-state index in [-0.39, 0.29) is 15.1 Å². The number of aromatic nitrogens is 1. The first-order chi connectivity index (χ1) is 16.4. The van der Waals surface area contributed by atoms with E-state index in [1.807, 2.05) is 0 Å². The highest BCUT2D eigenvalue weighted by Crippen LogP contribution is 2.27. The van der Waals surface area contributed by atoms with Crippen LogP contribution in [0.3, 0.4) is 0 Å². The van der Waals surface area contributed by atoms with Crippen LogP contribution in [0.4, 0.5) is 5.13 Å². The summed E-state index contributed by atoms with van der Waals surface area (Å²) in [6.07, 6.45) is -0.648. The molecule has 2 amide bonds. The molecule has 15 nitrogen and oxygen atoms in total. The number of carbonyl (C=O) groups excluding carboxylic acids is 4. The van der Waals surface area contributed by atoms with Gasteiger partial charge in [0.15, 0.2) is 10.8 Å².